The van der Waals surface area contributed by atoms with Gasteiger partial charge in [-0.1, -0.05) is 6.92 Å². The molecule has 1 aliphatic heterocycles. The van der Waals surface area contributed by atoms with E-state index < -0.39 is 12.0 Å². The van der Waals surface area contributed by atoms with Crippen molar-refractivity contribution in [1.29, 1.82) is 0 Å². The van der Waals surface area contributed by atoms with Gasteiger partial charge in [0, 0.05) is 12.5 Å². The number of carbonyl (C=O) groups is 2. The zero-order valence-corrected chi connectivity index (χ0v) is 7.36. The van der Waals surface area contributed by atoms with Gasteiger partial charge < -0.3 is 15.5 Å². The van der Waals surface area contributed by atoms with E-state index in [-0.39, 0.29) is 24.3 Å². The van der Waals surface area contributed by atoms with Crippen LogP contribution in [0, 0.1) is 11.8 Å². The van der Waals surface area contributed by atoms with Gasteiger partial charge in [0.1, 0.15) is 6.04 Å². The molecule has 1 heterocycles. The van der Waals surface area contributed by atoms with Gasteiger partial charge in [-0.2, -0.15) is 0 Å². The van der Waals surface area contributed by atoms with Crippen molar-refractivity contribution in [3.63, 3.8) is 0 Å². The number of nitrogens with one attached hydrogen (secondary N) is 1. The molecule has 3 atom stereocenters. The number of hydrogen-bond acceptors (Lipinski definition) is 3. The summed E-state index contributed by atoms with van der Waals surface area (Å²) >= 11 is 0. The third kappa shape index (κ3) is 1.80. The molecule has 5 heteroatoms. The number of amides is 1. The molecule has 0 saturated carbocycles. The Morgan fingerprint density at radius 1 is 1.62 bits per heavy atom. The number of carbonyl (C=O) groups excluding carboxylic acids is 1. The molecule has 5 nitrogen and oxygen atoms in total. The maximum Gasteiger partial charge on any atom is 0.326 e. The molecule has 0 radical (unpaired) electrons. The van der Waals surface area contributed by atoms with Gasteiger partial charge >= 0.3 is 5.97 Å². The van der Waals surface area contributed by atoms with Gasteiger partial charge in [0.2, 0.25) is 5.91 Å². The molecule has 1 rings (SSSR count). The lowest BCUT2D eigenvalue weighted by atomic mass is 9.90. The van der Waals surface area contributed by atoms with Gasteiger partial charge in [0.05, 0.1) is 0 Å². The molecule has 0 bridgehead atoms. The fraction of sp³-hybridized carbons (Fsp3) is 0.750. The molecule has 0 aliphatic carbocycles. The van der Waals surface area contributed by atoms with Crippen LogP contribution >= 0.6 is 0 Å². The highest BCUT2D eigenvalue weighted by molar-refractivity contribution is 5.89. The first-order valence-electron chi connectivity index (χ1n) is 4.22. The molecular formula is C8H13NO4. The van der Waals surface area contributed by atoms with Crippen molar-refractivity contribution < 1.29 is 19.8 Å². The summed E-state index contributed by atoms with van der Waals surface area (Å²) in [6.07, 6.45) is 0.330. The Kier molecular flexibility index (Phi) is 2.87. The quantitative estimate of drug-likeness (QED) is 0.540. The van der Waals surface area contributed by atoms with Crippen LogP contribution in [0.1, 0.15) is 13.3 Å². The van der Waals surface area contributed by atoms with Crippen molar-refractivity contribution in [1.82, 2.24) is 5.32 Å². The predicted octanol–water partition coefficient (Wildman–Crippen LogP) is -0.796. The van der Waals surface area contributed by atoms with Crippen LogP contribution in [0.25, 0.3) is 0 Å². The summed E-state index contributed by atoms with van der Waals surface area (Å²) in [4.78, 5) is 21.8. The van der Waals surface area contributed by atoms with E-state index in [0.717, 1.165) is 0 Å². The van der Waals surface area contributed by atoms with Crippen molar-refractivity contribution in [3.05, 3.63) is 0 Å². The van der Waals surface area contributed by atoms with E-state index in [0.29, 0.717) is 6.42 Å². The Hall–Kier alpha value is -1.10. The summed E-state index contributed by atoms with van der Waals surface area (Å²) < 4.78 is 0. The first-order valence-corrected chi connectivity index (χ1v) is 4.22. The van der Waals surface area contributed by atoms with Gasteiger partial charge in [0.15, 0.2) is 0 Å². The van der Waals surface area contributed by atoms with Gasteiger partial charge in [-0.15, -0.1) is 0 Å². The van der Waals surface area contributed by atoms with Crippen LogP contribution in [0.2, 0.25) is 0 Å². The highest BCUT2D eigenvalue weighted by atomic mass is 16.4. The Balaban J connectivity index is 2.69. The third-order valence-corrected chi connectivity index (χ3v) is 2.50. The summed E-state index contributed by atoms with van der Waals surface area (Å²) in [7, 11) is 0. The van der Waals surface area contributed by atoms with E-state index in [9.17, 15) is 9.59 Å². The Bertz CT molecular complexity index is 228. The normalized spacial score (nSPS) is 33.1. The summed E-state index contributed by atoms with van der Waals surface area (Å²) in [6.45, 7) is 1.62. The van der Waals surface area contributed by atoms with E-state index in [1.54, 1.807) is 6.92 Å². The fourth-order valence-corrected chi connectivity index (χ4v) is 1.68. The predicted molar refractivity (Wildman–Crippen MR) is 43.9 cm³/mol. The number of rotatable bonds is 3. The van der Waals surface area contributed by atoms with Gasteiger partial charge in [0.25, 0.3) is 0 Å². The standard InChI is InChI=1S/C8H13NO4/c1-4-5(2-3-10)7(11)9-6(4)8(12)13/h4-6,10H,2-3H2,1H3,(H,9,11)(H,12,13). The number of carboxylic acids is 1. The minimum absolute atomic E-state index is 0.0885. The summed E-state index contributed by atoms with van der Waals surface area (Å²) in [5.41, 5.74) is 0. The van der Waals surface area contributed by atoms with Gasteiger partial charge in [-0.25, -0.2) is 4.79 Å². The summed E-state index contributed by atoms with van der Waals surface area (Å²) in [6, 6.07) is -0.802. The zero-order chi connectivity index (χ0) is 10.0. The number of hydrogen-bond donors (Lipinski definition) is 3. The van der Waals surface area contributed by atoms with Crippen LogP contribution in [0.5, 0.6) is 0 Å². The molecule has 1 aliphatic rings. The third-order valence-electron chi connectivity index (χ3n) is 2.50. The summed E-state index contributed by atoms with van der Waals surface area (Å²) in [5, 5.41) is 19.8. The van der Waals surface area contributed by atoms with Gasteiger partial charge in [-0.3, -0.25) is 4.79 Å². The fourth-order valence-electron chi connectivity index (χ4n) is 1.68. The smallest absolute Gasteiger partial charge is 0.326 e. The first kappa shape index (κ1) is 9.98. The Morgan fingerprint density at radius 3 is 2.62 bits per heavy atom. The van der Waals surface area contributed by atoms with Crippen molar-refractivity contribution in [2.45, 2.75) is 19.4 Å². The molecular weight excluding hydrogens is 174 g/mol. The van der Waals surface area contributed by atoms with Crippen molar-refractivity contribution in [3.8, 4) is 0 Å². The van der Waals surface area contributed by atoms with E-state index in [1.165, 1.54) is 0 Å². The lowest BCUT2D eigenvalue weighted by Crippen LogP contribution is -2.35. The van der Waals surface area contributed by atoms with Crippen LogP contribution < -0.4 is 5.32 Å². The van der Waals surface area contributed by atoms with Crippen LogP contribution in [-0.4, -0.2) is 34.7 Å². The van der Waals surface area contributed by atoms with Crippen LogP contribution in [0.3, 0.4) is 0 Å². The molecule has 1 fully saturated rings. The molecule has 0 spiro atoms. The maximum atomic E-state index is 11.2. The highest BCUT2D eigenvalue weighted by Crippen LogP contribution is 2.25. The van der Waals surface area contributed by atoms with Crippen LogP contribution in [0.15, 0.2) is 0 Å². The van der Waals surface area contributed by atoms with E-state index in [4.69, 9.17) is 10.2 Å². The number of aliphatic carboxylic acids is 1. The van der Waals surface area contributed by atoms with E-state index in [2.05, 4.69) is 5.32 Å². The zero-order valence-electron chi connectivity index (χ0n) is 7.36. The molecule has 3 unspecified atom stereocenters. The second-order valence-electron chi connectivity index (χ2n) is 3.30. The van der Waals surface area contributed by atoms with Crippen molar-refractivity contribution in [2.24, 2.45) is 11.8 Å². The average molecular weight is 187 g/mol. The Labute approximate surface area is 75.7 Å². The molecule has 13 heavy (non-hydrogen) atoms. The van der Waals surface area contributed by atoms with E-state index >= 15 is 0 Å². The highest BCUT2D eigenvalue weighted by Gasteiger charge is 2.42. The monoisotopic (exact) mass is 187 g/mol. The van der Waals surface area contributed by atoms with Crippen molar-refractivity contribution in [2.75, 3.05) is 6.61 Å². The topological polar surface area (TPSA) is 86.6 Å². The van der Waals surface area contributed by atoms with Gasteiger partial charge in [-0.05, 0) is 12.3 Å². The molecule has 0 aromatic rings. The molecule has 0 aromatic heterocycles. The molecule has 74 valence electrons. The maximum absolute atomic E-state index is 11.2. The molecule has 1 amide bonds. The largest absolute Gasteiger partial charge is 0.480 e. The lowest BCUT2D eigenvalue weighted by Gasteiger charge is -2.13. The minimum atomic E-state index is -1.01. The summed E-state index contributed by atoms with van der Waals surface area (Å²) in [5.74, 6) is -1.90. The second kappa shape index (κ2) is 3.74. The lowest BCUT2D eigenvalue weighted by molar-refractivity contribution is -0.140. The number of aliphatic hydroxyl groups is 1. The first-order chi connectivity index (χ1) is 6.07. The second-order valence-corrected chi connectivity index (χ2v) is 3.30. The SMILES string of the molecule is CC1C(CCO)C(=O)NC1C(=O)O. The minimum Gasteiger partial charge on any atom is -0.480 e. The number of aliphatic hydroxyl groups excluding tert-OH is 1. The average Bonchev–Trinajstić information content (AvgIpc) is 2.32. The molecule has 1 saturated heterocycles. The number of carboxylic acid groups (broad SMARTS) is 1. The van der Waals surface area contributed by atoms with Crippen LogP contribution in [0.4, 0.5) is 0 Å². The van der Waals surface area contributed by atoms with Crippen molar-refractivity contribution >= 4 is 11.9 Å². The van der Waals surface area contributed by atoms with Crippen LogP contribution in [-0.2, 0) is 9.59 Å². The molecule has 0 aromatic carbocycles. The Morgan fingerprint density at radius 2 is 2.23 bits per heavy atom. The molecule has 3 N–H and O–H groups in total. The van der Waals surface area contributed by atoms with E-state index in [1.807, 2.05) is 0 Å².